The van der Waals surface area contributed by atoms with E-state index in [4.69, 9.17) is 11.3 Å². The van der Waals surface area contributed by atoms with Crippen LogP contribution in [0.15, 0.2) is 4.60 Å². The Labute approximate surface area is 115 Å². The van der Waals surface area contributed by atoms with E-state index in [-0.39, 0.29) is 0 Å². The van der Waals surface area contributed by atoms with Crippen LogP contribution in [0.5, 0.6) is 0 Å². The molecule has 1 aromatic rings. The second-order valence-electron chi connectivity index (χ2n) is 4.13. The van der Waals surface area contributed by atoms with E-state index in [1.807, 2.05) is 6.92 Å². The van der Waals surface area contributed by atoms with Crippen LogP contribution in [0.4, 0.5) is 11.6 Å². The molecule has 2 heterocycles. The van der Waals surface area contributed by atoms with Crippen molar-refractivity contribution >= 4 is 27.6 Å². The maximum Gasteiger partial charge on any atom is 0.303 e. The van der Waals surface area contributed by atoms with E-state index in [1.165, 1.54) is 0 Å². The van der Waals surface area contributed by atoms with Crippen molar-refractivity contribution in [1.82, 2.24) is 9.97 Å². The Balaban J connectivity index is 2.21. The zero-order valence-corrected chi connectivity index (χ0v) is 11.8. The van der Waals surface area contributed by atoms with Crippen molar-refractivity contribution in [3.8, 4) is 0 Å². The number of anilines is 1. The van der Waals surface area contributed by atoms with Crippen LogP contribution < -0.4 is 5.32 Å². The van der Waals surface area contributed by atoms with Gasteiger partial charge < -0.3 is 14.9 Å². The third-order valence-corrected chi connectivity index (χ3v) is 3.44. The van der Waals surface area contributed by atoms with E-state index < -0.39 is 0 Å². The van der Waals surface area contributed by atoms with Gasteiger partial charge >= 0.3 is 5.82 Å². The van der Waals surface area contributed by atoms with E-state index in [0.717, 1.165) is 44.0 Å². The first-order chi connectivity index (χ1) is 8.74. The minimum absolute atomic E-state index is 0.323. The van der Waals surface area contributed by atoms with Gasteiger partial charge in [-0.3, -0.25) is 0 Å². The molecule has 1 aliphatic heterocycles. The highest BCUT2D eigenvalue weighted by Crippen LogP contribution is 2.26. The van der Waals surface area contributed by atoms with Crippen molar-refractivity contribution in [2.24, 2.45) is 0 Å². The van der Waals surface area contributed by atoms with Crippen LogP contribution in [0, 0.1) is 6.57 Å². The van der Waals surface area contributed by atoms with Crippen molar-refractivity contribution in [3.05, 3.63) is 21.7 Å². The lowest BCUT2D eigenvalue weighted by molar-refractivity contribution is 0.0903. The van der Waals surface area contributed by atoms with E-state index >= 15 is 0 Å². The van der Waals surface area contributed by atoms with Crippen molar-refractivity contribution in [2.45, 2.75) is 32.2 Å². The van der Waals surface area contributed by atoms with Gasteiger partial charge in [0.2, 0.25) is 0 Å². The summed E-state index contributed by atoms with van der Waals surface area (Å²) in [6.45, 7) is 10.6. The Kier molecular flexibility index (Phi) is 4.50. The summed E-state index contributed by atoms with van der Waals surface area (Å²) in [5.74, 6) is 1.10. The minimum atomic E-state index is 0.323. The highest BCUT2D eigenvalue weighted by atomic mass is 79.9. The predicted molar refractivity (Wildman–Crippen MR) is 72.8 cm³/mol. The first-order valence-electron chi connectivity index (χ1n) is 6.02. The Morgan fingerprint density at radius 3 is 2.78 bits per heavy atom. The maximum absolute atomic E-state index is 7.04. The fourth-order valence-electron chi connectivity index (χ4n) is 1.91. The van der Waals surface area contributed by atoms with Crippen molar-refractivity contribution < 1.29 is 4.74 Å². The molecular weight excluding hydrogens is 296 g/mol. The Bertz CT molecular complexity index is 466. The molecule has 1 aliphatic rings. The Hall–Kier alpha value is -1.19. The molecule has 0 atom stereocenters. The van der Waals surface area contributed by atoms with E-state index in [1.54, 1.807) is 0 Å². The first-order valence-corrected chi connectivity index (χ1v) is 6.82. The summed E-state index contributed by atoms with van der Waals surface area (Å²) < 4.78 is 5.83. The summed E-state index contributed by atoms with van der Waals surface area (Å²) in [5.41, 5.74) is 0.843. The maximum atomic E-state index is 7.04. The molecule has 96 valence electrons. The molecule has 6 heteroatoms. The van der Waals surface area contributed by atoms with Crippen molar-refractivity contribution in [1.29, 1.82) is 0 Å². The third kappa shape index (κ3) is 2.98. The molecule has 1 N–H and O–H groups in total. The molecule has 1 aromatic heterocycles. The molecule has 1 saturated heterocycles. The number of halogens is 1. The molecule has 0 spiro atoms. The van der Waals surface area contributed by atoms with Crippen LogP contribution >= 0.6 is 15.9 Å². The van der Waals surface area contributed by atoms with E-state index in [9.17, 15) is 0 Å². The fourth-order valence-corrected chi connectivity index (χ4v) is 2.26. The topological polar surface area (TPSA) is 51.4 Å². The molecule has 2 rings (SSSR count). The number of aryl methyl sites for hydroxylation is 1. The molecule has 0 bridgehead atoms. The third-order valence-electron chi connectivity index (χ3n) is 2.91. The lowest BCUT2D eigenvalue weighted by Gasteiger charge is -2.23. The number of hydrogen-bond donors (Lipinski definition) is 1. The number of nitrogens with one attached hydrogen (secondary N) is 1. The average molecular weight is 311 g/mol. The molecule has 0 aromatic carbocycles. The Morgan fingerprint density at radius 1 is 1.44 bits per heavy atom. The number of nitrogens with zero attached hydrogens (tertiary/aromatic N) is 3. The van der Waals surface area contributed by atoms with Crippen molar-refractivity contribution in [2.75, 3.05) is 18.5 Å². The SMILES string of the molecule is [C-]#[N+]c1nc(CC)c(NC2CCOCC2)nc1Br. The molecule has 0 unspecified atom stereocenters. The van der Waals surface area contributed by atoms with Gasteiger partial charge in [-0.25, -0.2) is 4.98 Å². The standard InChI is InChI=1S/C12H15BrN4O/c1-3-9-11(15-8-4-6-18-7-5-8)17-10(13)12(14-2)16-9/h8H,3-7H2,1H3,(H,15,17). The molecule has 0 aliphatic carbocycles. The molecule has 1 fully saturated rings. The second kappa shape index (κ2) is 6.12. The number of hydrogen-bond acceptors (Lipinski definition) is 4. The summed E-state index contributed by atoms with van der Waals surface area (Å²) in [6, 6.07) is 0.379. The summed E-state index contributed by atoms with van der Waals surface area (Å²) >= 11 is 3.28. The number of rotatable bonds is 3. The number of ether oxygens (including phenoxy) is 1. The van der Waals surface area contributed by atoms with Crippen molar-refractivity contribution in [3.63, 3.8) is 0 Å². The van der Waals surface area contributed by atoms with Gasteiger partial charge in [-0.2, -0.15) is 0 Å². The van der Waals surface area contributed by atoms with Crippen LogP contribution in [0.3, 0.4) is 0 Å². The lowest BCUT2D eigenvalue weighted by atomic mass is 10.1. The van der Waals surface area contributed by atoms with Gasteiger partial charge in [0, 0.05) is 25.7 Å². The van der Waals surface area contributed by atoms with Gasteiger partial charge in [-0.1, -0.05) is 13.5 Å². The predicted octanol–water partition coefficient (Wildman–Crippen LogP) is 2.94. The first kappa shape index (κ1) is 13.2. The lowest BCUT2D eigenvalue weighted by Crippen LogP contribution is -2.28. The molecule has 0 saturated carbocycles. The smallest absolute Gasteiger partial charge is 0.303 e. The summed E-state index contributed by atoms with van der Waals surface area (Å²) in [5, 5.41) is 3.41. The largest absolute Gasteiger partial charge is 0.381 e. The average Bonchev–Trinajstić information content (AvgIpc) is 2.40. The second-order valence-corrected chi connectivity index (χ2v) is 4.88. The zero-order chi connectivity index (χ0) is 13.0. The highest BCUT2D eigenvalue weighted by molar-refractivity contribution is 9.10. The quantitative estimate of drug-likeness (QED) is 0.872. The van der Waals surface area contributed by atoms with Crippen LogP contribution in [0.1, 0.15) is 25.5 Å². The molecule has 0 radical (unpaired) electrons. The van der Waals surface area contributed by atoms with Crippen LogP contribution in [-0.2, 0) is 11.2 Å². The highest BCUT2D eigenvalue weighted by Gasteiger charge is 2.19. The number of aromatic nitrogens is 2. The van der Waals surface area contributed by atoms with Gasteiger partial charge in [0.25, 0.3) is 0 Å². The monoisotopic (exact) mass is 310 g/mol. The molecule has 18 heavy (non-hydrogen) atoms. The fraction of sp³-hybridized carbons (Fsp3) is 0.583. The van der Waals surface area contributed by atoms with E-state index in [2.05, 4.69) is 36.1 Å². The zero-order valence-electron chi connectivity index (χ0n) is 10.2. The van der Waals surface area contributed by atoms with Gasteiger partial charge in [0.05, 0.1) is 0 Å². The van der Waals surface area contributed by atoms with Gasteiger partial charge in [0.15, 0.2) is 11.5 Å². The molecule has 0 amide bonds. The minimum Gasteiger partial charge on any atom is -0.381 e. The Morgan fingerprint density at radius 2 is 2.17 bits per heavy atom. The molecular formula is C12H15BrN4O. The van der Waals surface area contributed by atoms with E-state index in [0.29, 0.717) is 16.5 Å². The summed E-state index contributed by atoms with van der Waals surface area (Å²) in [7, 11) is 0. The van der Waals surface area contributed by atoms with Crippen LogP contribution in [-0.4, -0.2) is 29.2 Å². The van der Waals surface area contributed by atoms with Gasteiger partial charge in [-0.05, 0) is 28.8 Å². The van der Waals surface area contributed by atoms with Crippen LogP contribution in [0.2, 0.25) is 0 Å². The summed E-state index contributed by atoms with van der Waals surface area (Å²) in [4.78, 5) is 12.1. The van der Waals surface area contributed by atoms with Crippen LogP contribution in [0.25, 0.3) is 4.85 Å². The normalized spacial score (nSPS) is 16.3. The van der Waals surface area contributed by atoms with Gasteiger partial charge in [-0.15, -0.1) is 4.98 Å². The molecule has 5 nitrogen and oxygen atoms in total. The van der Waals surface area contributed by atoms with Gasteiger partial charge in [0.1, 0.15) is 4.60 Å². The summed E-state index contributed by atoms with van der Waals surface area (Å²) in [6.07, 6.45) is 2.72.